The lowest BCUT2D eigenvalue weighted by molar-refractivity contribution is -0.131. The molecular formula is C34H49NO7Si. The normalized spacial score (nSPS) is 15.7. The van der Waals surface area contributed by atoms with Gasteiger partial charge in [-0.2, -0.15) is 0 Å². The summed E-state index contributed by atoms with van der Waals surface area (Å²) in [5, 5.41) is 8.76. The summed E-state index contributed by atoms with van der Waals surface area (Å²) in [6.45, 7) is 12.6. The van der Waals surface area contributed by atoms with E-state index < -0.39 is 26.0 Å². The van der Waals surface area contributed by atoms with Crippen LogP contribution in [0.2, 0.25) is 25.7 Å². The molecule has 4 atom stereocenters. The van der Waals surface area contributed by atoms with E-state index in [0.717, 1.165) is 22.6 Å². The summed E-state index contributed by atoms with van der Waals surface area (Å²) in [7, 11) is 1.92. The number of ether oxygens (including phenoxy) is 3. The van der Waals surface area contributed by atoms with E-state index in [1.165, 1.54) is 24.4 Å². The van der Waals surface area contributed by atoms with Gasteiger partial charge in [-0.05, 0) is 30.5 Å². The average Bonchev–Trinajstić information content (AvgIpc) is 2.94. The molecule has 0 unspecified atom stereocenters. The number of carboxylic acids is 1. The summed E-state index contributed by atoms with van der Waals surface area (Å²) in [5.41, 5.74) is 1.73. The van der Waals surface area contributed by atoms with E-state index >= 15 is 0 Å². The van der Waals surface area contributed by atoms with Crippen LogP contribution in [0.4, 0.5) is 4.79 Å². The molecule has 2 amide bonds. The number of allylic oxidation sites excluding steroid dienone is 4. The van der Waals surface area contributed by atoms with Gasteiger partial charge in [-0.25, -0.2) is 14.5 Å². The summed E-state index contributed by atoms with van der Waals surface area (Å²) in [6, 6.07) is 10.8. The predicted octanol–water partition coefficient (Wildman–Crippen LogP) is 7.35. The van der Waals surface area contributed by atoms with Crippen molar-refractivity contribution in [1.82, 2.24) is 4.90 Å². The van der Waals surface area contributed by atoms with Crippen molar-refractivity contribution in [3.63, 3.8) is 0 Å². The number of benzene rings is 1. The lowest BCUT2D eigenvalue weighted by atomic mass is 9.88. The van der Waals surface area contributed by atoms with Crippen LogP contribution in [0.3, 0.4) is 0 Å². The first-order valence-electron chi connectivity index (χ1n) is 14.5. The molecule has 0 heterocycles. The summed E-state index contributed by atoms with van der Waals surface area (Å²) >= 11 is 0. The Morgan fingerprint density at radius 2 is 1.65 bits per heavy atom. The molecule has 1 rings (SSSR count). The van der Waals surface area contributed by atoms with Gasteiger partial charge in [0.1, 0.15) is 0 Å². The van der Waals surface area contributed by atoms with Crippen LogP contribution in [0.5, 0.6) is 0 Å². The second-order valence-corrected chi connectivity index (χ2v) is 17.3. The SMILES string of the molecule is CO[C@H]([C@H](C)[C@H](/C=C/c1ccccc1)OC)[C@@H](C)/C=C/C(C)=C/C(=O)N(/C=C\C/C=C\C(=O)O)C(=O)OCC[Si](C)(C)C. The molecule has 9 heteroatoms. The van der Waals surface area contributed by atoms with Crippen LogP contribution in [0.25, 0.3) is 6.08 Å². The van der Waals surface area contributed by atoms with Crippen molar-refractivity contribution in [2.45, 2.75) is 65.1 Å². The Morgan fingerprint density at radius 3 is 2.23 bits per heavy atom. The first-order chi connectivity index (χ1) is 20.3. The van der Waals surface area contributed by atoms with Crippen molar-refractivity contribution in [3.05, 3.63) is 90.2 Å². The van der Waals surface area contributed by atoms with E-state index in [0.29, 0.717) is 5.57 Å². The van der Waals surface area contributed by atoms with Gasteiger partial charge in [0.05, 0.1) is 18.8 Å². The van der Waals surface area contributed by atoms with Gasteiger partial charge in [0.15, 0.2) is 0 Å². The molecular weight excluding hydrogens is 562 g/mol. The molecule has 43 heavy (non-hydrogen) atoms. The molecule has 1 aromatic carbocycles. The van der Waals surface area contributed by atoms with Gasteiger partial charge in [-0.15, -0.1) is 0 Å². The molecule has 0 aliphatic carbocycles. The maximum atomic E-state index is 13.1. The van der Waals surface area contributed by atoms with E-state index in [4.69, 9.17) is 19.3 Å². The lowest BCUT2D eigenvalue weighted by Crippen LogP contribution is -2.35. The summed E-state index contributed by atoms with van der Waals surface area (Å²) < 4.78 is 17.0. The fraction of sp³-hybridized carbons (Fsp3) is 0.441. The maximum Gasteiger partial charge on any atom is 0.420 e. The van der Waals surface area contributed by atoms with Crippen LogP contribution in [0.15, 0.2) is 84.6 Å². The standard InChI is InChI=1S/C34H49NO7Si/c1-26(18-19-27(2)33(41-5)28(3)30(40-4)21-20-29-15-11-9-12-16-29)25-31(36)35(22-14-10-13-17-32(37)38)34(39)42-23-24-43(6,7)8/h9,11-22,25,27-28,30,33H,10,23-24H2,1-8H3,(H,37,38)/b17-13-,19-18+,21-20+,22-14-,26-25+/t27-,28+,30-,33-/m0/s1. The van der Waals surface area contributed by atoms with Crippen molar-refractivity contribution in [2.75, 3.05) is 20.8 Å². The Labute approximate surface area is 258 Å². The molecule has 0 aliphatic heterocycles. The highest BCUT2D eigenvalue weighted by Crippen LogP contribution is 2.24. The number of aliphatic carboxylic acids is 1. The van der Waals surface area contributed by atoms with Crippen LogP contribution < -0.4 is 0 Å². The minimum Gasteiger partial charge on any atom is -0.478 e. The average molecular weight is 612 g/mol. The van der Waals surface area contributed by atoms with Crippen LogP contribution in [-0.2, 0) is 23.8 Å². The lowest BCUT2D eigenvalue weighted by Gasteiger charge is -2.30. The quantitative estimate of drug-likeness (QED) is 0.112. The zero-order valence-electron chi connectivity index (χ0n) is 26.9. The minimum absolute atomic E-state index is 0.00946. The molecule has 0 saturated heterocycles. The molecule has 8 nitrogen and oxygen atoms in total. The van der Waals surface area contributed by atoms with Crippen molar-refractivity contribution in [1.29, 1.82) is 0 Å². The number of hydrogen-bond donors (Lipinski definition) is 1. The molecule has 0 aromatic heterocycles. The number of imide groups is 1. The van der Waals surface area contributed by atoms with Gasteiger partial charge in [-0.1, -0.05) is 100 Å². The highest BCUT2D eigenvalue weighted by molar-refractivity contribution is 6.76. The van der Waals surface area contributed by atoms with E-state index in [9.17, 15) is 14.4 Å². The molecule has 0 fully saturated rings. The van der Waals surface area contributed by atoms with Gasteiger partial charge in [0, 0.05) is 52.5 Å². The van der Waals surface area contributed by atoms with Crippen LogP contribution in [0.1, 0.15) is 32.8 Å². The van der Waals surface area contributed by atoms with Crippen LogP contribution in [-0.4, -0.2) is 69.1 Å². The van der Waals surface area contributed by atoms with E-state index in [-0.39, 0.29) is 37.1 Å². The van der Waals surface area contributed by atoms with E-state index in [2.05, 4.69) is 26.6 Å². The Kier molecular flexibility index (Phi) is 17.1. The second kappa shape index (κ2) is 19.6. The van der Waals surface area contributed by atoms with Gasteiger partial charge in [0.25, 0.3) is 5.91 Å². The summed E-state index contributed by atoms with van der Waals surface area (Å²) in [4.78, 5) is 37.5. The van der Waals surface area contributed by atoms with Gasteiger partial charge in [0.2, 0.25) is 0 Å². The number of hydrogen-bond acceptors (Lipinski definition) is 6. The van der Waals surface area contributed by atoms with Crippen molar-refractivity contribution < 1.29 is 33.7 Å². The van der Waals surface area contributed by atoms with Crippen LogP contribution >= 0.6 is 0 Å². The minimum atomic E-state index is -1.44. The fourth-order valence-corrected chi connectivity index (χ4v) is 4.93. The predicted molar refractivity (Wildman–Crippen MR) is 175 cm³/mol. The maximum absolute atomic E-state index is 13.1. The van der Waals surface area contributed by atoms with Gasteiger partial charge >= 0.3 is 12.1 Å². The molecule has 0 radical (unpaired) electrons. The molecule has 0 bridgehead atoms. The molecule has 0 saturated carbocycles. The van der Waals surface area contributed by atoms with Crippen LogP contribution in [0, 0.1) is 11.8 Å². The van der Waals surface area contributed by atoms with Crippen molar-refractivity contribution in [2.24, 2.45) is 11.8 Å². The monoisotopic (exact) mass is 611 g/mol. The molecule has 0 aliphatic rings. The number of nitrogens with zero attached hydrogens (tertiary/aromatic N) is 1. The second-order valence-electron chi connectivity index (χ2n) is 11.6. The van der Waals surface area contributed by atoms with Gasteiger partial charge < -0.3 is 19.3 Å². The van der Waals surface area contributed by atoms with E-state index in [1.54, 1.807) is 21.1 Å². The highest BCUT2D eigenvalue weighted by atomic mass is 28.3. The third kappa shape index (κ3) is 15.5. The molecule has 236 valence electrons. The first kappa shape index (κ1) is 37.5. The zero-order chi connectivity index (χ0) is 32.4. The zero-order valence-corrected chi connectivity index (χ0v) is 27.9. The number of carboxylic acid groups (broad SMARTS) is 1. The third-order valence-electron chi connectivity index (χ3n) is 6.69. The summed E-state index contributed by atoms with van der Waals surface area (Å²) in [6.07, 6.45) is 13.6. The number of carbonyl (C=O) groups excluding carboxylic acids is 2. The van der Waals surface area contributed by atoms with Crippen molar-refractivity contribution >= 4 is 32.1 Å². The highest BCUT2D eigenvalue weighted by Gasteiger charge is 2.28. The fourth-order valence-electron chi connectivity index (χ4n) is 4.21. The number of carbonyl (C=O) groups is 3. The largest absolute Gasteiger partial charge is 0.478 e. The molecule has 1 N–H and O–H groups in total. The Bertz CT molecular complexity index is 1160. The molecule has 1 aromatic rings. The first-order valence-corrected chi connectivity index (χ1v) is 18.2. The topological polar surface area (TPSA) is 102 Å². The smallest absolute Gasteiger partial charge is 0.420 e. The number of methoxy groups -OCH3 is 2. The summed E-state index contributed by atoms with van der Waals surface area (Å²) in [5.74, 6) is -1.61. The Balaban J connectivity index is 3.01. The molecule has 0 spiro atoms. The third-order valence-corrected chi connectivity index (χ3v) is 8.39. The number of rotatable bonds is 17. The number of amides is 2. The van der Waals surface area contributed by atoms with E-state index in [1.807, 2.05) is 61.6 Å². The Morgan fingerprint density at radius 1 is 0.977 bits per heavy atom. The van der Waals surface area contributed by atoms with Gasteiger partial charge in [-0.3, -0.25) is 4.79 Å². The Hall–Kier alpha value is -3.53. The van der Waals surface area contributed by atoms with Crippen molar-refractivity contribution in [3.8, 4) is 0 Å².